The first-order valence-corrected chi connectivity index (χ1v) is 12.2. The molecule has 12 heteroatoms. The minimum atomic E-state index is -3.74. The van der Waals surface area contributed by atoms with Crippen LogP contribution in [0.4, 0.5) is 5.69 Å². The standard InChI is InChI=1S/C18H19N5O4S3/c1-22-12-19-21-18(22)29-14-4-2-13(3-5-14)20-17(24)16-15(6-11-28-16)30(25,26)23-7-9-27-10-8-23/h2-6,11-12H,7-10H2,1H3,(H,20,24). The molecule has 1 aromatic carbocycles. The van der Waals surface area contributed by atoms with Crippen molar-refractivity contribution in [1.82, 2.24) is 19.1 Å². The average molecular weight is 466 g/mol. The van der Waals surface area contributed by atoms with Gasteiger partial charge in [-0.25, -0.2) is 8.42 Å². The van der Waals surface area contributed by atoms with Crippen LogP contribution in [0, 0.1) is 0 Å². The summed E-state index contributed by atoms with van der Waals surface area (Å²) in [7, 11) is -1.88. The Balaban J connectivity index is 1.47. The summed E-state index contributed by atoms with van der Waals surface area (Å²) >= 11 is 2.56. The first-order chi connectivity index (χ1) is 14.4. The van der Waals surface area contributed by atoms with Crippen molar-refractivity contribution in [3.8, 4) is 0 Å². The van der Waals surface area contributed by atoms with E-state index in [1.165, 1.54) is 22.1 Å². The Hall–Kier alpha value is -2.25. The molecule has 4 rings (SSSR count). The van der Waals surface area contributed by atoms with E-state index in [9.17, 15) is 13.2 Å². The molecule has 3 heterocycles. The Kier molecular flexibility index (Phi) is 6.20. The maximum Gasteiger partial charge on any atom is 0.267 e. The quantitative estimate of drug-likeness (QED) is 0.595. The highest BCUT2D eigenvalue weighted by molar-refractivity contribution is 7.99. The normalized spacial score (nSPS) is 15.2. The highest BCUT2D eigenvalue weighted by Gasteiger charge is 2.31. The predicted molar refractivity (Wildman–Crippen MR) is 113 cm³/mol. The van der Waals surface area contributed by atoms with Crippen LogP contribution in [0.2, 0.25) is 0 Å². The average Bonchev–Trinajstić information content (AvgIpc) is 3.40. The smallest absolute Gasteiger partial charge is 0.267 e. The molecule has 0 bridgehead atoms. The van der Waals surface area contributed by atoms with Crippen molar-refractivity contribution >= 4 is 44.7 Å². The molecule has 0 saturated carbocycles. The van der Waals surface area contributed by atoms with Gasteiger partial charge in [-0.1, -0.05) is 0 Å². The molecule has 1 fully saturated rings. The van der Waals surface area contributed by atoms with E-state index in [2.05, 4.69) is 15.5 Å². The number of thiophene rings is 1. The van der Waals surface area contributed by atoms with Gasteiger partial charge in [0.25, 0.3) is 5.91 Å². The maximum atomic E-state index is 12.9. The zero-order valence-electron chi connectivity index (χ0n) is 16.0. The minimum absolute atomic E-state index is 0.0290. The number of nitrogens with zero attached hydrogens (tertiary/aromatic N) is 4. The largest absolute Gasteiger partial charge is 0.379 e. The van der Waals surface area contributed by atoms with Crippen LogP contribution in [0.5, 0.6) is 0 Å². The Bertz CT molecular complexity index is 1130. The third-order valence-electron chi connectivity index (χ3n) is 4.41. The second-order valence-electron chi connectivity index (χ2n) is 6.44. The van der Waals surface area contributed by atoms with Gasteiger partial charge in [0.1, 0.15) is 16.1 Å². The molecule has 0 aliphatic carbocycles. The number of ether oxygens (including phenoxy) is 1. The third-order valence-corrected chi connectivity index (χ3v) is 8.46. The molecular weight excluding hydrogens is 446 g/mol. The summed E-state index contributed by atoms with van der Waals surface area (Å²) in [5, 5.41) is 13.0. The molecule has 3 aromatic rings. The van der Waals surface area contributed by atoms with E-state index in [-0.39, 0.29) is 22.9 Å². The third kappa shape index (κ3) is 4.42. The number of hydrogen-bond donors (Lipinski definition) is 1. The molecule has 0 atom stereocenters. The van der Waals surface area contributed by atoms with Crippen molar-refractivity contribution in [2.24, 2.45) is 7.05 Å². The second-order valence-corrected chi connectivity index (χ2v) is 10.3. The summed E-state index contributed by atoms with van der Waals surface area (Å²) in [6.45, 7) is 1.26. The number of carbonyl (C=O) groups excluding carboxylic acids is 1. The highest BCUT2D eigenvalue weighted by Crippen LogP contribution is 2.29. The number of aryl methyl sites for hydroxylation is 1. The van der Waals surface area contributed by atoms with Crippen LogP contribution in [0.15, 0.2) is 57.0 Å². The van der Waals surface area contributed by atoms with Crippen LogP contribution in [0.3, 0.4) is 0 Å². The Morgan fingerprint density at radius 3 is 2.60 bits per heavy atom. The Morgan fingerprint density at radius 1 is 1.20 bits per heavy atom. The van der Waals surface area contributed by atoms with Crippen LogP contribution in [-0.4, -0.2) is 59.7 Å². The molecule has 0 radical (unpaired) electrons. The number of morpholine rings is 1. The molecule has 1 saturated heterocycles. The van der Waals surface area contributed by atoms with E-state index in [1.807, 2.05) is 23.7 Å². The van der Waals surface area contributed by atoms with E-state index < -0.39 is 15.9 Å². The summed E-state index contributed by atoms with van der Waals surface area (Å²) < 4.78 is 34.3. The van der Waals surface area contributed by atoms with Crippen molar-refractivity contribution in [3.63, 3.8) is 0 Å². The van der Waals surface area contributed by atoms with Crippen molar-refractivity contribution in [2.75, 3.05) is 31.6 Å². The monoisotopic (exact) mass is 465 g/mol. The van der Waals surface area contributed by atoms with Gasteiger partial charge >= 0.3 is 0 Å². The van der Waals surface area contributed by atoms with Gasteiger partial charge in [-0.15, -0.1) is 21.5 Å². The number of rotatable bonds is 6. The van der Waals surface area contributed by atoms with Crippen LogP contribution >= 0.6 is 23.1 Å². The summed E-state index contributed by atoms with van der Waals surface area (Å²) in [6, 6.07) is 8.72. The lowest BCUT2D eigenvalue weighted by atomic mass is 10.3. The number of carbonyl (C=O) groups is 1. The zero-order valence-corrected chi connectivity index (χ0v) is 18.5. The second kappa shape index (κ2) is 8.86. The fourth-order valence-electron chi connectivity index (χ4n) is 2.86. The molecule has 1 N–H and O–H groups in total. The molecule has 1 aliphatic heterocycles. The maximum absolute atomic E-state index is 12.9. The molecular formula is C18H19N5O4S3. The van der Waals surface area contributed by atoms with Gasteiger partial charge in [-0.05, 0) is 47.5 Å². The molecule has 158 valence electrons. The minimum Gasteiger partial charge on any atom is -0.379 e. The molecule has 30 heavy (non-hydrogen) atoms. The van der Waals surface area contributed by atoms with Gasteiger partial charge in [0.05, 0.1) is 13.2 Å². The van der Waals surface area contributed by atoms with Gasteiger partial charge in [-0.2, -0.15) is 4.31 Å². The van der Waals surface area contributed by atoms with Crippen LogP contribution in [-0.2, 0) is 21.8 Å². The van der Waals surface area contributed by atoms with E-state index in [1.54, 1.807) is 23.8 Å². The molecule has 1 aliphatic rings. The van der Waals surface area contributed by atoms with Gasteiger partial charge in [-0.3, -0.25) is 4.79 Å². The number of benzene rings is 1. The van der Waals surface area contributed by atoms with Crippen molar-refractivity contribution in [3.05, 3.63) is 46.9 Å². The van der Waals surface area contributed by atoms with E-state index in [4.69, 9.17) is 4.74 Å². The molecule has 0 spiro atoms. The Morgan fingerprint density at radius 2 is 1.93 bits per heavy atom. The van der Waals surface area contributed by atoms with Crippen molar-refractivity contribution in [2.45, 2.75) is 14.9 Å². The fraction of sp³-hybridized carbons (Fsp3) is 0.278. The van der Waals surface area contributed by atoms with Crippen molar-refractivity contribution < 1.29 is 17.9 Å². The molecule has 1 amide bonds. The van der Waals surface area contributed by atoms with Gasteiger partial charge in [0.2, 0.25) is 10.0 Å². The number of aromatic nitrogens is 3. The summed E-state index contributed by atoms with van der Waals surface area (Å²) in [6.07, 6.45) is 1.63. The molecule has 9 nitrogen and oxygen atoms in total. The first kappa shape index (κ1) is 21.0. The first-order valence-electron chi connectivity index (χ1n) is 9.04. The van der Waals surface area contributed by atoms with Gasteiger partial charge in [0, 0.05) is 30.7 Å². The molecule has 0 unspecified atom stereocenters. The Labute approximate surface area is 182 Å². The lowest BCUT2D eigenvalue weighted by molar-refractivity contribution is 0.0730. The molecule has 2 aromatic heterocycles. The van der Waals surface area contributed by atoms with E-state index >= 15 is 0 Å². The predicted octanol–water partition coefficient (Wildman–Crippen LogP) is 2.30. The summed E-state index contributed by atoms with van der Waals surface area (Å²) in [5.74, 6) is -0.453. The number of sulfonamides is 1. The van der Waals surface area contributed by atoms with Crippen molar-refractivity contribution in [1.29, 1.82) is 0 Å². The SMILES string of the molecule is Cn1cnnc1Sc1ccc(NC(=O)c2sccc2S(=O)(=O)N2CCOCC2)cc1. The van der Waals surface area contributed by atoms with Crippen LogP contribution in [0.1, 0.15) is 9.67 Å². The topological polar surface area (TPSA) is 106 Å². The van der Waals surface area contributed by atoms with Crippen LogP contribution in [0.25, 0.3) is 0 Å². The summed E-state index contributed by atoms with van der Waals surface area (Å²) in [5.41, 5.74) is 0.574. The number of nitrogens with one attached hydrogen (secondary N) is 1. The number of anilines is 1. The summed E-state index contributed by atoms with van der Waals surface area (Å²) in [4.78, 5) is 13.9. The number of amides is 1. The highest BCUT2D eigenvalue weighted by atomic mass is 32.2. The lowest BCUT2D eigenvalue weighted by Crippen LogP contribution is -2.41. The lowest BCUT2D eigenvalue weighted by Gasteiger charge is -2.26. The zero-order chi connectivity index (χ0) is 21.1. The van der Waals surface area contributed by atoms with Crippen LogP contribution < -0.4 is 5.32 Å². The van der Waals surface area contributed by atoms with Gasteiger partial charge in [0.15, 0.2) is 5.16 Å². The number of hydrogen-bond acceptors (Lipinski definition) is 8. The van der Waals surface area contributed by atoms with E-state index in [0.29, 0.717) is 18.9 Å². The van der Waals surface area contributed by atoms with Gasteiger partial charge < -0.3 is 14.6 Å². The van der Waals surface area contributed by atoms with E-state index in [0.717, 1.165) is 21.4 Å². The fourth-order valence-corrected chi connectivity index (χ4v) is 6.32.